The molecule has 0 aliphatic rings. The van der Waals surface area contributed by atoms with Crippen LogP contribution in [0.1, 0.15) is 11.1 Å². The molecule has 0 radical (unpaired) electrons. The summed E-state index contributed by atoms with van der Waals surface area (Å²) >= 11 is 0. The Kier molecular flexibility index (Phi) is 3.57. The van der Waals surface area contributed by atoms with Crippen LogP contribution in [0, 0.1) is 13.8 Å². The highest BCUT2D eigenvalue weighted by molar-refractivity contribution is 7.81. The molecule has 0 heterocycles. The van der Waals surface area contributed by atoms with Crippen LogP contribution >= 0.6 is 0 Å². The highest BCUT2D eigenvalue weighted by Crippen LogP contribution is 2.28. The standard InChI is InChI=1S/C14H13FO3S/c1-10-4-3-5-11(2)14(10)12-6-8-13(9-7-12)18-19(15,16)17/h3-9H,1-2H3. The van der Waals surface area contributed by atoms with Crippen LogP contribution in [-0.4, -0.2) is 8.42 Å². The van der Waals surface area contributed by atoms with E-state index >= 15 is 0 Å². The molecule has 0 aliphatic heterocycles. The van der Waals surface area contributed by atoms with E-state index in [4.69, 9.17) is 0 Å². The van der Waals surface area contributed by atoms with Gasteiger partial charge in [0.1, 0.15) is 5.75 Å². The lowest BCUT2D eigenvalue weighted by Gasteiger charge is -2.10. The molecule has 2 aromatic rings. The monoisotopic (exact) mass is 280 g/mol. The van der Waals surface area contributed by atoms with Crippen molar-refractivity contribution in [2.75, 3.05) is 0 Å². The summed E-state index contributed by atoms with van der Waals surface area (Å²) < 4.78 is 37.3. The molecular formula is C14H13FO3S. The molecule has 0 N–H and O–H groups in total. The van der Waals surface area contributed by atoms with Gasteiger partial charge in [0.05, 0.1) is 0 Å². The molecule has 0 amide bonds. The molecule has 0 aromatic heterocycles. The predicted octanol–water partition coefficient (Wildman–Crippen LogP) is 3.56. The minimum Gasteiger partial charge on any atom is -0.358 e. The zero-order valence-corrected chi connectivity index (χ0v) is 11.4. The van der Waals surface area contributed by atoms with E-state index in [9.17, 15) is 12.3 Å². The fraction of sp³-hybridized carbons (Fsp3) is 0.143. The topological polar surface area (TPSA) is 43.4 Å². The van der Waals surface area contributed by atoms with Gasteiger partial charge >= 0.3 is 10.5 Å². The molecule has 0 atom stereocenters. The molecule has 0 bridgehead atoms. The largest absolute Gasteiger partial charge is 0.488 e. The lowest BCUT2D eigenvalue weighted by molar-refractivity contribution is 0.440. The fourth-order valence-corrected chi connectivity index (χ4v) is 2.40. The zero-order valence-electron chi connectivity index (χ0n) is 10.6. The van der Waals surface area contributed by atoms with E-state index in [1.54, 1.807) is 12.1 Å². The highest BCUT2D eigenvalue weighted by Gasteiger charge is 2.10. The molecule has 0 spiro atoms. The fourth-order valence-electron chi connectivity index (χ4n) is 2.06. The normalized spacial score (nSPS) is 11.3. The van der Waals surface area contributed by atoms with Crippen molar-refractivity contribution < 1.29 is 16.5 Å². The highest BCUT2D eigenvalue weighted by atomic mass is 32.3. The number of hydrogen-bond donors (Lipinski definition) is 0. The number of rotatable bonds is 3. The van der Waals surface area contributed by atoms with Gasteiger partial charge in [0.25, 0.3) is 0 Å². The van der Waals surface area contributed by atoms with Crippen LogP contribution in [0.25, 0.3) is 11.1 Å². The van der Waals surface area contributed by atoms with E-state index in [0.717, 1.165) is 22.3 Å². The minimum atomic E-state index is -4.97. The van der Waals surface area contributed by atoms with Crippen LogP contribution in [0.15, 0.2) is 42.5 Å². The first-order chi connectivity index (χ1) is 8.87. The van der Waals surface area contributed by atoms with Gasteiger partial charge in [0, 0.05) is 0 Å². The Bertz CT molecular complexity index is 671. The van der Waals surface area contributed by atoms with Gasteiger partial charge in [-0.15, -0.1) is 0 Å². The summed E-state index contributed by atoms with van der Waals surface area (Å²) in [5.74, 6) is -0.0440. The van der Waals surface area contributed by atoms with E-state index in [1.165, 1.54) is 12.1 Å². The molecule has 0 saturated heterocycles. The first kappa shape index (κ1) is 13.5. The molecule has 3 nitrogen and oxygen atoms in total. The maximum absolute atomic E-state index is 12.4. The second kappa shape index (κ2) is 5.01. The zero-order chi connectivity index (χ0) is 14.0. The Hall–Kier alpha value is -1.88. The van der Waals surface area contributed by atoms with E-state index in [-0.39, 0.29) is 5.75 Å². The maximum Gasteiger partial charge on any atom is 0.488 e. The third kappa shape index (κ3) is 3.32. The van der Waals surface area contributed by atoms with E-state index in [1.807, 2.05) is 32.0 Å². The molecule has 0 unspecified atom stereocenters. The second-order valence-corrected chi connectivity index (χ2v) is 5.22. The third-order valence-electron chi connectivity index (χ3n) is 2.82. The van der Waals surface area contributed by atoms with Crippen molar-refractivity contribution >= 4 is 10.5 Å². The van der Waals surface area contributed by atoms with Crippen molar-refractivity contribution in [2.45, 2.75) is 13.8 Å². The summed E-state index contributed by atoms with van der Waals surface area (Å²) in [6.07, 6.45) is 0. The summed E-state index contributed by atoms with van der Waals surface area (Å²) in [4.78, 5) is 0. The maximum atomic E-state index is 12.4. The van der Waals surface area contributed by atoms with Crippen LogP contribution in [0.2, 0.25) is 0 Å². The Morgan fingerprint density at radius 3 is 1.95 bits per heavy atom. The molecule has 0 fully saturated rings. The lowest BCUT2D eigenvalue weighted by atomic mass is 9.96. The van der Waals surface area contributed by atoms with Gasteiger partial charge < -0.3 is 4.18 Å². The van der Waals surface area contributed by atoms with Crippen LogP contribution in [0.5, 0.6) is 5.75 Å². The lowest BCUT2D eigenvalue weighted by Crippen LogP contribution is -2.00. The van der Waals surface area contributed by atoms with Crippen molar-refractivity contribution in [3.8, 4) is 16.9 Å². The van der Waals surface area contributed by atoms with Gasteiger partial charge in [-0.25, -0.2) is 0 Å². The van der Waals surface area contributed by atoms with Crippen LogP contribution in [0.3, 0.4) is 0 Å². The van der Waals surface area contributed by atoms with Crippen LogP contribution in [-0.2, 0) is 10.5 Å². The molecule has 0 saturated carbocycles. The molecule has 0 aliphatic carbocycles. The molecule has 2 rings (SSSR count). The quantitative estimate of drug-likeness (QED) is 0.807. The Balaban J connectivity index is 2.38. The third-order valence-corrected chi connectivity index (χ3v) is 3.21. The number of aryl methyl sites for hydroxylation is 2. The number of halogens is 1. The number of hydrogen-bond acceptors (Lipinski definition) is 3. The van der Waals surface area contributed by atoms with Crippen LogP contribution in [0.4, 0.5) is 3.89 Å². The predicted molar refractivity (Wildman–Crippen MR) is 72.0 cm³/mol. The van der Waals surface area contributed by atoms with Crippen molar-refractivity contribution in [1.29, 1.82) is 0 Å². The summed E-state index contributed by atoms with van der Waals surface area (Å²) in [6, 6.07) is 12.2. The Morgan fingerprint density at radius 2 is 1.47 bits per heavy atom. The van der Waals surface area contributed by atoms with Crippen molar-refractivity contribution in [3.05, 3.63) is 53.6 Å². The van der Waals surface area contributed by atoms with Crippen molar-refractivity contribution in [2.24, 2.45) is 0 Å². The first-order valence-electron chi connectivity index (χ1n) is 5.67. The van der Waals surface area contributed by atoms with Gasteiger partial charge in [0.15, 0.2) is 0 Å². The Labute approximate surface area is 112 Å². The average molecular weight is 280 g/mol. The summed E-state index contributed by atoms with van der Waals surface area (Å²) in [7, 11) is -4.97. The van der Waals surface area contributed by atoms with Gasteiger partial charge in [-0.2, -0.15) is 8.42 Å². The SMILES string of the molecule is Cc1cccc(C)c1-c1ccc(OS(=O)(=O)F)cc1. The molecule has 2 aromatic carbocycles. The van der Waals surface area contributed by atoms with Crippen molar-refractivity contribution in [3.63, 3.8) is 0 Å². The molecule has 100 valence electrons. The van der Waals surface area contributed by atoms with Crippen LogP contribution < -0.4 is 4.18 Å². The van der Waals surface area contributed by atoms with Gasteiger partial charge in [-0.05, 0) is 48.2 Å². The van der Waals surface area contributed by atoms with E-state index < -0.39 is 10.5 Å². The average Bonchev–Trinajstić information content (AvgIpc) is 2.29. The molecule has 19 heavy (non-hydrogen) atoms. The van der Waals surface area contributed by atoms with Gasteiger partial charge in [-0.1, -0.05) is 34.2 Å². The molecular weight excluding hydrogens is 267 g/mol. The van der Waals surface area contributed by atoms with Gasteiger partial charge in [-0.3, -0.25) is 0 Å². The number of benzene rings is 2. The second-order valence-electron chi connectivity index (χ2n) is 4.27. The molecule has 5 heteroatoms. The van der Waals surface area contributed by atoms with Crippen molar-refractivity contribution in [1.82, 2.24) is 0 Å². The van der Waals surface area contributed by atoms with Gasteiger partial charge in [0.2, 0.25) is 0 Å². The summed E-state index contributed by atoms with van der Waals surface area (Å²) in [5.41, 5.74) is 4.25. The minimum absolute atomic E-state index is 0.0440. The Morgan fingerprint density at radius 1 is 0.947 bits per heavy atom. The summed E-state index contributed by atoms with van der Waals surface area (Å²) in [5, 5.41) is 0. The summed E-state index contributed by atoms with van der Waals surface area (Å²) in [6.45, 7) is 4.00. The first-order valence-corrected chi connectivity index (χ1v) is 6.98. The smallest absolute Gasteiger partial charge is 0.358 e. The van der Waals surface area contributed by atoms with E-state index in [2.05, 4.69) is 4.18 Å². The van der Waals surface area contributed by atoms with E-state index in [0.29, 0.717) is 0 Å².